The average Bonchev–Trinajstić information content (AvgIpc) is 3.16. The first kappa shape index (κ1) is 15.4. The molecule has 26 heavy (non-hydrogen) atoms. The van der Waals surface area contributed by atoms with Crippen molar-refractivity contribution in [3.63, 3.8) is 0 Å². The van der Waals surface area contributed by atoms with Crippen LogP contribution in [-0.4, -0.2) is 15.2 Å². The van der Waals surface area contributed by atoms with Crippen LogP contribution in [0.4, 0.5) is 0 Å². The van der Waals surface area contributed by atoms with Gasteiger partial charge in [-0.25, -0.2) is 0 Å². The first-order valence-corrected chi connectivity index (χ1v) is 9.27. The van der Waals surface area contributed by atoms with Gasteiger partial charge in [0.05, 0.1) is 0 Å². The Morgan fingerprint density at radius 1 is 1.00 bits per heavy atom. The zero-order valence-corrected chi connectivity index (χ0v) is 14.8. The molecule has 4 nitrogen and oxygen atoms in total. The summed E-state index contributed by atoms with van der Waals surface area (Å²) in [7, 11) is 0. The van der Waals surface area contributed by atoms with Crippen LogP contribution in [0.5, 0.6) is 0 Å². The number of H-pyrrole nitrogens is 1. The summed E-state index contributed by atoms with van der Waals surface area (Å²) < 4.78 is 5.95. The molecule has 130 valence electrons. The highest BCUT2D eigenvalue weighted by Gasteiger charge is 2.21. The van der Waals surface area contributed by atoms with Crippen LogP contribution in [0.15, 0.2) is 53.1 Å². The molecule has 0 aliphatic heterocycles. The number of benzene rings is 2. The van der Waals surface area contributed by atoms with Crippen LogP contribution in [-0.2, 0) is 6.42 Å². The van der Waals surface area contributed by atoms with Crippen LogP contribution in [0.3, 0.4) is 0 Å². The molecule has 2 aromatic carbocycles. The Morgan fingerprint density at radius 3 is 2.54 bits per heavy atom. The second kappa shape index (κ2) is 6.13. The lowest BCUT2D eigenvalue weighted by Gasteiger charge is -2.06. The Morgan fingerprint density at radius 2 is 1.77 bits per heavy atom. The van der Waals surface area contributed by atoms with Gasteiger partial charge < -0.3 is 9.40 Å². The summed E-state index contributed by atoms with van der Waals surface area (Å²) in [6.07, 6.45) is 7.24. The smallest absolute Gasteiger partial charge is 0.248 e. The fraction of sp³-hybridized carbons (Fsp3) is 0.273. The third kappa shape index (κ3) is 2.92. The summed E-state index contributed by atoms with van der Waals surface area (Å²) >= 11 is 0. The Balaban J connectivity index is 1.41. The molecule has 1 aliphatic carbocycles. The van der Waals surface area contributed by atoms with E-state index in [0.717, 1.165) is 27.9 Å². The van der Waals surface area contributed by atoms with E-state index in [2.05, 4.69) is 46.4 Å². The van der Waals surface area contributed by atoms with Gasteiger partial charge in [-0.3, -0.25) is 0 Å². The fourth-order valence-corrected chi connectivity index (χ4v) is 3.52. The van der Waals surface area contributed by atoms with Crippen LogP contribution in [0.1, 0.15) is 30.4 Å². The summed E-state index contributed by atoms with van der Waals surface area (Å²) in [5.41, 5.74) is 5.76. The Labute approximate surface area is 152 Å². The van der Waals surface area contributed by atoms with Crippen LogP contribution in [0.2, 0.25) is 0 Å². The van der Waals surface area contributed by atoms with Gasteiger partial charge in [-0.1, -0.05) is 18.9 Å². The summed E-state index contributed by atoms with van der Waals surface area (Å²) in [6.45, 7) is 2.17. The fourth-order valence-electron chi connectivity index (χ4n) is 3.52. The summed E-state index contributed by atoms with van der Waals surface area (Å²) in [5, 5.41) is 9.65. The van der Waals surface area contributed by atoms with Crippen LogP contribution < -0.4 is 0 Å². The van der Waals surface area contributed by atoms with Gasteiger partial charge >= 0.3 is 0 Å². The molecule has 1 saturated carbocycles. The van der Waals surface area contributed by atoms with E-state index < -0.39 is 0 Å². The summed E-state index contributed by atoms with van der Waals surface area (Å²) in [4.78, 5) is 3.20. The number of fused-ring (bicyclic) bond motifs is 1. The van der Waals surface area contributed by atoms with Crippen molar-refractivity contribution in [2.24, 2.45) is 5.92 Å². The predicted molar refractivity (Wildman–Crippen MR) is 103 cm³/mol. The topological polar surface area (TPSA) is 54.7 Å². The van der Waals surface area contributed by atoms with E-state index in [9.17, 15) is 0 Å². The van der Waals surface area contributed by atoms with Crippen molar-refractivity contribution < 1.29 is 4.42 Å². The predicted octanol–water partition coefficient (Wildman–Crippen LogP) is 5.54. The standard InChI is InChI=1S/C22H21N3O/c1-14-12-18(7-6-16(14)5-4-15-2-3-15)21-24-25-22(26-21)19-8-9-20-17(13-19)10-11-23-20/h6-13,15,23H,2-5H2,1H3. The van der Waals surface area contributed by atoms with E-state index in [0.29, 0.717) is 11.8 Å². The van der Waals surface area contributed by atoms with E-state index in [-0.39, 0.29) is 0 Å². The lowest BCUT2D eigenvalue weighted by atomic mass is 10.00. The molecule has 0 bridgehead atoms. The van der Waals surface area contributed by atoms with Gasteiger partial charge in [-0.05, 0) is 73.2 Å². The molecule has 0 radical (unpaired) electrons. The number of aromatic amines is 1. The third-order valence-electron chi connectivity index (χ3n) is 5.33. The minimum atomic E-state index is 0.554. The molecular formula is C22H21N3O. The van der Waals surface area contributed by atoms with Crippen molar-refractivity contribution in [3.8, 4) is 22.9 Å². The number of aryl methyl sites for hydroxylation is 2. The monoisotopic (exact) mass is 343 g/mol. The first-order chi connectivity index (χ1) is 12.8. The molecule has 0 unspecified atom stereocenters. The molecule has 0 amide bonds. The van der Waals surface area contributed by atoms with Crippen molar-refractivity contribution in [1.29, 1.82) is 0 Å². The quantitative estimate of drug-likeness (QED) is 0.518. The van der Waals surface area contributed by atoms with E-state index in [1.807, 2.05) is 24.4 Å². The maximum Gasteiger partial charge on any atom is 0.248 e. The average molecular weight is 343 g/mol. The van der Waals surface area contributed by atoms with E-state index in [1.54, 1.807) is 0 Å². The number of hydrogen-bond donors (Lipinski definition) is 1. The van der Waals surface area contributed by atoms with Crippen molar-refractivity contribution in [1.82, 2.24) is 15.2 Å². The second-order valence-corrected chi connectivity index (χ2v) is 7.32. The largest absolute Gasteiger partial charge is 0.416 e. The van der Waals surface area contributed by atoms with Crippen LogP contribution >= 0.6 is 0 Å². The zero-order chi connectivity index (χ0) is 17.5. The maximum atomic E-state index is 5.95. The van der Waals surface area contributed by atoms with E-state index in [1.165, 1.54) is 36.8 Å². The van der Waals surface area contributed by atoms with Gasteiger partial charge in [-0.2, -0.15) is 0 Å². The van der Waals surface area contributed by atoms with Crippen LogP contribution in [0.25, 0.3) is 33.8 Å². The third-order valence-corrected chi connectivity index (χ3v) is 5.33. The number of rotatable bonds is 5. The molecular weight excluding hydrogens is 322 g/mol. The van der Waals surface area contributed by atoms with Gasteiger partial charge in [0.15, 0.2) is 0 Å². The molecule has 1 N–H and O–H groups in total. The number of nitrogens with zero attached hydrogens (tertiary/aromatic N) is 2. The second-order valence-electron chi connectivity index (χ2n) is 7.32. The zero-order valence-electron chi connectivity index (χ0n) is 14.8. The SMILES string of the molecule is Cc1cc(-c2nnc(-c3ccc4[nH]ccc4c3)o2)ccc1CCC1CC1. The molecule has 4 aromatic rings. The molecule has 1 fully saturated rings. The Bertz CT molecular complexity index is 1070. The van der Waals surface area contributed by atoms with E-state index >= 15 is 0 Å². The first-order valence-electron chi connectivity index (χ1n) is 9.27. The van der Waals surface area contributed by atoms with Crippen molar-refractivity contribution in [2.75, 3.05) is 0 Å². The van der Waals surface area contributed by atoms with Gasteiger partial charge in [0.2, 0.25) is 11.8 Å². The van der Waals surface area contributed by atoms with Crippen LogP contribution in [0, 0.1) is 12.8 Å². The Hall–Kier alpha value is -2.88. The van der Waals surface area contributed by atoms with E-state index in [4.69, 9.17) is 4.42 Å². The maximum absolute atomic E-state index is 5.95. The van der Waals surface area contributed by atoms with Gasteiger partial charge in [0.1, 0.15) is 0 Å². The van der Waals surface area contributed by atoms with Gasteiger partial charge in [0.25, 0.3) is 0 Å². The molecule has 0 saturated heterocycles. The van der Waals surface area contributed by atoms with Crippen molar-refractivity contribution in [2.45, 2.75) is 32.6 Å². The van der Waals surface area contributed by atoms with Gasteiger partial charge in [0, 0.05) is 28.2 Å². The lowest BCUT2D eigenvalue weighted by Crippen LogP contribution is -1.92. The normalized spacial score (nSPS) is 14.2. The molecule has 4 heteroatoms. The summed E-state index contributed by atoms with van der Waals surface area (Å²) in [6, 6.07) is 14.6. The van der Waals surface area contributed by atoms with Gasteiger partial charge in [-0.15, -0.1) is 10.2 Å². The highest BCUT2D eigenvalue weighted by Crippen LogP contribution is 2.34. The molecule has 2 aromatic heterocycles. The van der Waals surface area contributed by atoms with Crippen molar-refractivity contribution in [3.05, 3.63) is 59.8 Å². The number of hydrogen-bond acceptors (Lipinski definition) is 3. The summed E-state index contributed by atoms with van der Waals surface area (Å²) in [5.74, 6) is 2.09. The molecule has 2 heterocycles. The molecule has 0 spiro atoms. The minimum absolute atomic E-state index is 0.554. The molecule has 1 aliphatic rings. The number of nitrogens with one attached hydrogen (secondary N) is 1. The lowest BCUT2D eigenvalue weighted by molar-refractivity contribution is 0.584. The Kier molecular flexibility index (Phi) is 3.63. The highest BCUT2D eigenvalue weighted by atomic mass is 16.4. The van der Waals surface area contributed by atoms with Crippen molar-refractivity contribution >= 4 is 10.9 Å². The molecule has 0 atom stereocenters. The molecule has 5 rings (SSSR count). The minimum Gasteiger partial charge on any atom is -0.416 e. The number of aromatic nitrogens is 3. The highest BCUT2D eigenvalue weighted by molar-refractivity contribution is 5.83.